The third kappa shape index (κ3) is 0.866. The molecule has 2 heteroatoms. The van der Waals surface area contributed by atoms with E-state index in [4.69, 9.17) is 5.73 Å². The Morgan fingerprint density at radius 1 is 1.38 bits per heavy atom. The molecule has 0 amide bonds. The van der Waals surface area contributed by atoms with Gasteiger partial charge in [-0.3, -0.25) is 0 Å². The molecule has 1 aromatic rings. The van der Waals surface area contributed by atoms with Gasteiger partial charge in [0.15, 0.2) is 0 Å². The molecule has 0 spiro atoms. The van der Waals surface area contributed by atoms with E-state index in [2.05, 4.69) is 6.07 Å². The van der Waals surface area contributed by atoms with E-state index in [-0.39, 0.29) is 5.54 Å². The Morgan fingerprint density at radius 3 is 2.85 bits per heavy atom. The number of hydrogen-bond donors (Lipinski definition) is 2. The highest BCUT2D eigenvalue weighted by atomic mass is 16.3. The van der Waals surface area contributed by atoms with Gasteiger partial charge in [-0.25, -0.2) is 0 Å². The van der Waals surface area contributed by atoms with Crippen molar-refractivity contribution in [2.24, 2.45) is 5.73 Å². The van der Waals surface area contributed by atoms with Gasteiger partial charge in [-0.05, 0) is 36.5 Å². The van der Waals surface area contributed by atoms with Crippen LogP contribution in [0.1, 0.15) is 29.9 Å². The van der Waals surface area contributed by atoms with Crippen LogP contribution in [-0.4, -0.2) is 10.6 Å². The summed E-state index contributed by atoms with van der Waals surface area (Å²) in [5.41, 5.74) is 8.60. The minimum absolute atomic E-state index is 0.0702. The maximum Gasteiger partial charge on any atom is 0.119 e. The summed E-state index contributed by atoms with van der Waals surface area (Å²) in [6.45, 7) is 0. The number of phenols is 1. The summed E-state index contributed by atoms with van der Waals surface area (Å²) < 4.78 is 0. The zero-order chi connectivity index (χ0) is 9.05. The third-order valence-corrected chi connectivity index (χ3v) is 3.49. The summed E-state index contributed by atoms with van der Waals surface area (Å²) in [6, 6.07) is 5.76. The average molecular weight is 175 g/mol. The number of phenolic OH excluding ortho intramolecular Hbond substituents is 1. The monoisotopic (exact) mass is 175 g/mol. The van der Waals surface area contributed by atoms with E-state index < -0.39 is 0 Å². The van der Waals surface area contributed by atoms with Crippen LogP contribution in [0.25, 0.3) is 0 Å². The molecule has 0 radical (unpaired) electrons. The van der Waals surface area contributed by atoms with Gasteiger partial charge in [-0.15, -0.1) is 0 Å². The van der Waals surface area contributed by atoms with Crippen molar-refractivity contribution in [3.63, 3.8) is 0 Å². The van der Waals surface area contributed by atoms with Crippen LogP contribution >= 0.6 is 0 Å². The second kappa shape index (κ2) is 2.07. The number of fused-ring (bicyclic) bond motifs is 1. The van der Waals surface area contributed by atoms with Crippen LogP contribution < -0.4 is 5.73 Å². The summed E-state index contributed by atoms with van der Waals surface area (Å²) in [5.74, 6) is 0.951. The first-order valence-electron chi connectivity index (χ1n) is 4.80. The largest absolute Gasteiger partial charge is 0.508 e. The third-order valence-electron chi connectivity index (χ3n) is 3.49. The van der Waals surface area contributed by atoms with Gasteiger partial charge in [0, 0.05) is 11.5 Å². The molecule has 3 N–H and O–H groups in total. The Labute approximate surface area is 77.4 Å². The van der Waals surface area contributed by atoms with Crippen molar-refractivity contribution in [3.8, 4) is 5.75 Å². The Bertz CT molecular complexity index is 368. The fourth-order valence-corrected chi connectivity index (χ4v) is 2.33. The molecule has 3 rings (SSSR count). The quantitative estimate of drug-likeness (QED) is 0.679. The minimum atomic E-state index is 0.0702. The van der Waals surface area contributed by atoms with Gasteiger partial charge in [0.05, 0.1) is 0 Å². The van der Waals surface area contributed by atoms with Gasteiger partial charge in [0.25, 0.3) is 0 Å². The maximum atomic E-state index is 9.51. The van der Waals surface area contributed by atoms with Crippen LogP contribution in [0, 0.1) is 0 Å². The molecule has 1 aromatic carbocycles. The molecule has 13 heavy (non-hydrogen) atoms. The predicted molar refractivity (Wildman–Crippen MR) is 50.7 cm³/mol. The molecule has 0 bridgehead atoms. The zero-order valence-electron chi connectivity index (χ0n) is 7.46. The molecule has 68 valence electrons. The van der Waals surface area contributed by atoms with Crippen molar-refractivity contribution in [2.45, 2.75) is 30.7 Å². The standard InChI is InChI=1S/C11H13NO/c12-11(4-5-11)9-6-8-7(9)2-1-3-10(8)13/h1-3,9,13H,4-6,12H2. The van der Waals surface area contributed by atoms with Gasteiger partial charge >= 0.3 is 0 Å². The lowest BCUT2D eigenvalue weighted by Gasteiger charge is -2.35. The molecule has 1 atom stereocenters. The second-order valence-electron chi connectivity index (χ2n) is 4.33. The van der Waals surface area contributed by atoms with Crippen molar-refractivity contribution in [2.75, 3.05) is 0 Å². The summed E-state index contributed by atoms with van der Waals surface area (Å²) in [6.07, 6.45) is 3.26. The maximum absolute atomic E-state index is 9.51. The summed E-state index contributed by atoms with van der Waals surface area (Å²) in [4.78, 5) is 0. The second-order valence-corrected chi connectivity index (χ2v) is 4.33. The van der Waals surface area contributed by atoms with Gasteiger partial charge in [0.2, 0.25) is 0 Å². The highest BCUT2D eigenvalue weighted by Gasteiger charge is 2.50. The van der Waals surface area contributed by atoms with E-state index in [1.54, 1.807) is 6.07 Å². The molecule has 1 unspecified atom stereocenters. The zero-order valence-corrected chi connectivity index (χ0v) is 7.46. The molecule has 1 saturated carbocycles. The Kier molecular flexibility index (Phi) is 1.18. The highest BCUT2D eigenvalue weighted by Crippen LogP contribution is 2.54. The minimum Gasteiger partial charge on any atom is -0.508 e. The average Bonchev–Trinajstić information content (AvgIpc) is 2.74. The molecule has 0 heterocycles. The molecule has 2 aliphatic rings. The number of aromatic hydroxyl groups is 1. The Hall–Kier alpha value is -1.02. The van der Waals surface area contributed by atoms with Crippen LogP contribution in [0.15, 0.2) is 18.2 Å². The van der Waals surface area contributed by atoms with E-state index in [0.29, 0.717) is 11.7 Å². The van der Waals surface area contributed by atoms with E-state index in [9.17, 15) is 5.11 Å². The smallest absolute Gasteiger partial charge is 0.119 e. The molecular formula is C11H13NO. The molecule has 0 aromatic heterocycles. The van der Waals surface area contributed by atoms with Crippen LogP contribution in [0.4, 0.5) is 0 Å². The van der Waals surface area contributed by atoms with E-state index >= 15 is 0 Å². The van der Waals surface area contributed by atoms with Crippen molar-refractivity contribution in [1.82, 2.24) is 0 Å². The molecular weight excluding hydrogens is 162 g/mol. The van der Waals surface area contributed by atoms with Crippen LogP contribution in [0.5, 0.6) is 5.75 Å². The molecule has 1 fully saturated rings. The van der Waals surface area contributed by atoms with Gasteiger partial charge < -0.3 is 10.8 Å². The van der Waals surface area contributed by atoms with E-state index in [1.165, 1.54) is 5.56 Å². The summed E-state index contributed by atoms with van der Waals surface area (Å²) >= 11 is 0. The summed E-state index contributed by atoms with van der Waals surface area (Å²) in [7, 11) is 0. The molecule has 2 aliphatic carbocycles. The Balaban J connectivity index is 2.01. The first-order valence-corrected chi connectivity index (χ1v) is 4.80. The predicted octanol–water partition coefficient (Wildman–Crippen LogP) is 1.52. The van der Waals surface area contributed by atoms with Gasteiger partial charge in [-0.1, -0.05) is 12.1 Å². The number of nitrogens with two attached hydrogens (primary N) is 1. The number of benzene rings is 1. The first-order chi connectivity index (χ1) is 6.21. The van der Waals surface area contributed by atoms with Crippen molar-refractivity contribution >= 4 is 0 Å². The van der Waals surface area contributed by atoms with Crippen LogP contribution in [-0.2, 0) is 6.42 Å². The van der Waals surface area contributed by atoms with Crippen molar-refractivity contribution in [3.05, 3.63) is 29.3 Å². The summed E-state index contributed by atoms with van der Waals surface area (Å²) in [5, 5.41) is 9.51. The van der Waals surface area contributed by atoms with E-state index in [1.807, 2.05) is 6.07 Å². The Morgan fingerprint density at radius 2 is 2.15 bits per heavy atom. The fraction of sp³-hybridized carbons (Fsp3) is 0.455. The van der Waals surface area contributed by atoms with Crippen molar-refractivity contribution in [1.29, 1.82) is 0 Å². The number of hydrogen-bond acceptors (Lipinski definition) is 2. The topological polar surface area (TPSA) is 46.2 Å². The molecule has 0 saturated heterocycles. The van der Waals surface area contributed by atoms with E-state index in [0.717, 1.165) is 24.8 Å². The fourth-order valence-electron chi connectivity index (χ4n) is 2.33. The van der Waals surface area contributed by atoms with Crippen LogP contribution in [0.2, 0.25) is 0 Å². The van der Waals surface area contributed by atoms with Crippen LogP contribution in [0.3, 0.4) is 0 Å². The van der Waals surface area contributed by atoms with Gasteiger partial charge in [-0.2, -0.15) is 0 Å². The normalized spacial score (nSPS) is 27.6. The molecule has 0 aliphatic heterocycles. The molecule has 2 nitrogen and oxygen atoms in total. The lowest BCUT2D eigenvalue weighted by molar-refractivity contribution is 0.422. The lowest BCUT2D eigenvalue weighted by atomic mass is 9.72. The SMILES string of the molecule is NC1(C2Cc3c(O)cccc32)CC1. The lowest BCUT2D eigenvalue weighted by Crippen LogP contribution is -2.37. The van der Waals surface area contributed by atoms with Gasteiger partial charge in [0.1, 0.15) is 5.75 Å². The van der Waals surface area contributed by atoms with Crippen molar-refractivity contribution < 1.29 is 5.11 Å². The highest BCUT2D eigenvalue weighted by molar-refractivity contribution is 5.51. The number of rotatable bonds is 1. The first kappa shape index (κ1) is 7.39.